The van der Waals surface area contributed by atoms with Gasteiger partial charge in [0.05, 0.1) is 11.9 Å². The number of rotatable bonds is 9. The van der Waals surface area contributed by atoms with Crippen molar-refractivity contribution < 1.29 is 18.0 Å². The molecule has 0 bridgehead atoms. The van der Waals surface area contributed by atoms with Crippen molar-refractivity contribution in [2.24, 2.45) is 0 Å². The van der Waals surface area contributed by atoms with Crippen LogP contribution in [-0.4, -0.2) is 51.0 Å². The molecule has 0 aliphatic rings. The Hall–Kier alpha value is -2.29. The third kappa shape index (κ3) is 6.60. The summed E-state index contributed by atoms with van der Waals surface area (Å²) in [5.74, 6) is -0.885. The van der Waals surface area contributed by atoms with E-state index in [1.165, 1.54) is 11.9 Å². The molecule has 0 fully saturated rings. The summed E-state index contributed by atoms with van der Waals surface area (Å²) in [6.45, 7) is 3.22. The van der Waals surface area contributed by atoms with Crippen molar-refractivity contribution in [3.63, 3.8) is 0 Å². The van der Waals surface area contributed by atoms with E-state index < -0.39 is 28.5 Å². The van der Waals surface area contributed by atoms with Crippen LogP contribution in [0.15, 0.2) is 42.5 Å². The molecule has 0 aliphatic heterocycles. The quantitative estimate of drug-likeness (QED) is 0.570. The van der Waals surface area contributed by atoms with Gasteiger partial charge in [0.1, 0.15) is 12.6 Å². The minimum absolute atomic E-state index is 0.0201. The minimum atomic E-state index is -3.76. The summed E-state index contributed by atoms with van der Waals surface area (Å²) in [5.41, 5.74) is 1.91. The molecule has 0 spiro atoms. The number of halogens is 2. The molecular weight excluding hydrogens is 473 g/mol. The van der Waals surface area contributed by atoms with E-state index in [4.69, 9.17) is 23.2 Å². The number of carbonyl (C=O) groups excluding carboxylic acids is 2. The zero-order valence-electron chi connectivity index (χ0n) is 18.4. The van der Waals surface area contributed by atoms with Crippen molar-refractivity contribution in [1.29, 1.82) is 0 Å². The van der Waals surface area contributed by atoms with Crippen LogP contribution in [0, 0.1) is 6.92 Å². The number of hydrogen-bond donors (Lipinski definition) is 1. The highest BCUT2D eigenvalue weighted by atomic mass is 35.5. The molecule has 1 N–H and O–H groups in total. The van der Waals surface area contributed by atoms with Gasteiger partial charge >= 0.3 is 0 Å². The molecule has 0 radical (unpaired) electrons. The molecule has 0 saturated heterocycles. The minimum Gasteiger partial charge on any atom is -0.357 e. The smallest absolute Gasteiger partial charge is 0.244 e. The standard InChI is InChI=1S/C22H27Cl2N3O4S/c1-5-20(22(29)25-3)26(13-16-8-9-17(23)12-19(16)24)21(28)14-27(32(4,30)31)18-10-6-15(2)7-11-18/h6-12,20H,5,13-14H2,1-4H3,(H,25,29)/t20-/m0/s1. The molecule has 0 saturated carbocycles. The van der Waals surface area contributed by atoms with E-state index >= 15 is 0 Å². The molecule has 2 amide bonds. The number of benzene rings is 2. The first-order valence-corrected chi connectivity index (χ1v) is 12.6. The monoisotopic (exact) mass is 499 g/mol. The lowest BCUT2D eigenvalue weighted by Crippen LogP contribution is -2.51. The first-order valence-electron chi connectivity index (χ1n) is 9.97. The normalized spacial score (nSPS) is 12.2. The average Bonchev–Trinajstić information content (AvgIpc) is 2.73. The Morgan fingerprint density at radius 1 is 1.09 bits per heavy atom. The van der Waals surface area contributed by atoms with Crippen LogP contribution < -0.4 is 9.62 Å². The van der Waals surface area contributed by atoms with Crippen LogP contribution >= 0.6 is 23.2 Å². The maximum absolute atomic E-state index is 13.4. The summed E-state index contributed by atoms with van der Waals surface area (Å²) in [6, 6.07) is 10.9. The van der Waals surface area contributed by atoms with Crippen LogP contribution in [0.4, 0.5) is 5.69 Å². The molecule has 32 heavy (non-hydrogen) atoms. The zero-order valence-corrected chi connectivity index (χ0v) is 20.8. The van der Waals surface area contributed by atoms with Gasteiger partial charge in [-0.3, -0.25) is 13.9 Å². The number of nitrogens with zero attached hydrogens (tertiary/aromatic N) is 2. The average molecular weight is 500 g/mol. The van der Waals surface area contributed by atoms with Gasteiger partial charge in [-0.25, -0.2) is 8.42 Å². The molecule has 0 heterocycles. The van der Waals surface area contributed by atoms with Gasteiger partial charge in [-0.2, -0.15) is 0 Å². The van der Waals surface area contributed by atoms with Gasteiger partial charge in [0.25, 0.3) is 0 Å². The molecule has 0 aliphatic carbocycles. The van der Waals surface area contributed by atoms with Crippen LogP contribution in [0.3, 0.4) is 0 Å². The van der Waals surface area contributed by atoms with E-state index in [0.29, 0.717) is 27.7 Å². The Morgan fingerprint density at radius 2 is 1.72 bits per heavy atom. The largest absolute Gasteiger partial charge is 0.357 e. The van der Waals surface area contributed by atoms with Crippen LogP contribution in [0.25, 0.3) is 0 Å². The number of likely N-dealkylation sites (N-methyl/N-ethyl adjacent to an activating group) is 1. The molecular formula is C22H27Cl2N3O4S. The molecule has 2 rings (SSSR count). The van der Waals surface area contributed by atoms with Gasteiger partial charge in [-0.1, -0.05) is 53.9 Å². The third-order valence-corrected chi connectivity index (χ3v) is 6.72. The number of amides is 2. The predicted octanol–water partition coefficient (Wildman–Crippen LogP) is 3.62. The maximum Gasteiger partial charge on any atom is 0.244 e. The summed E-state index contributed by atoms with van der Waals surface area (Å²) in [7, 11) is -2.28. The third-order valence-electron chi connectivity index (χ3n) is 4.99. The van der Waals surface area contributed by atoms with Crippen LogP contribution in [0.1, 0.15) is 24.5 Å². The fourth-order valence-corrected chi connectivity index (χ4v) is 4.56. The van der Waals surface area contributed by atoms with Crippen molar-refractivity contribution in [1.82, 2.24) is 10.2 Å². The Labute approximate surface area is 199 Å². The lowest BCUT2D eigenvalue weighted by molar-refractivity contribution is -0.140. The van der Waals surface area contributed by atoms with Crippen molar-refractivity contribution in [3.8, 4) is 0 Å². The SMILES string of the molecule is CC[C@@H](C(=O)NC)N(Cc1ccc(Cl)cc1Cl)C(=O)CN(c1ccc(C)cc1)S(C)(=O)=O. The van der Waals surface area contributed by atoms with Gasteiger partial charge in [-0.15, -0.1) is 0 Å². The molecule has 7 nitrogen and oxygen atoms in total. The molecule has 1 atom stereocenters. The second-order valence-electron chi connectivity index (χ2n) is 7.40. The Balaban J connectivity index is 2.44. The van der Waals surface area contributed by atoms with Gasteiger partial charge in [0, 0.05) is 23.6 Å². The van der Waals surface area contributed by atoms with Gasteiger partial charge in [0.2, 0.25) is 21.8 Å². The van der Waals surface area contributed by atoms with Crippen LogP contribution in [-0.2, 0) is 26.2 Å². The number of sulfonamides is 1. The van der Waals surface area contributed by atoms with Gasteiger partial charge in [-0.05, 0) is 43.2 Å². The Bertz CT molecular complexity index is 1080. The highest BCUT2D eigenvalue weighted by Crippen LogP contribution is 2.25. The fourth-order valence-electron chi connectivity index (χ4n) is 3.24. The summed E-state index contributed by atoms with van der Waals surface area (Å²) >= 11 is 12.3. The maximum atomic E-state index is 13.4. The molecule has 2 aromatic carbocycles. The van der Waals surface area contributed by atoms with E-state index in [-0.39, 0.29) is 12.5 Å². The Morgan fingerprint density at radius 3 is 2.22 bits per heavy atom. The lowest BCUT2D eigenvalue weighted by Gasteiger charge is -2.32. The van der Waals surface area contributed by atoms with E-state index in [9.17, 15) is 18.0 Å². The summed E-state index contributed by atoms with van der Waals surface area (Å²) in [5, 5.41) is 3.35. The summed E-state index contributed by atoms with van der Waals surface area (Å²) in [4.78, 5) is 27.3. The highest BCUT2D eigenvalue weighted by Gasteiger charge is 2.31. The van der Waals surface area contributed by atoms with Crippen molar-refractivity contribution in [2.45, 2.75) is 32.9 Å². The van der Waals surface area contributed by atoms with Crippen molar-refractivity contribution in [3.05, 3.63) is 63.6 Å². The second-order valence-corrected chi connectivity index (χ2v) is 10.2. The van der Waals surface area contributed by atoms with Gasteiger partial charge in [0.15, 0.2) is 0 Å². The van der Waals surface area contributed by atoms with Crippen LogP contribution in [0.5, 0.6) is 0 Å². The predicted molar refractivity (Wildman–Crippen MR) is 129 cm³/mol. The first kappa shape index (κ1) is 26.0. The van der Waals surface area contributed by atoms with Crippen molar-refractivity contribution >= 4 is 50.7 Å². The van der Waals surface area contributed by atoms with E-state index in [0.717, 1.165) is 16.1 Å². The van der Waals surface area contributed by atoms with Gasteiger partial charge < -0.3 is 10.2 Å². The fraction of sp³-hybridized carbons (Fsp3) is 0.364. The Kier molecular flexibility index (Phi) is 8.95. The van der Waals surface area contributed by atoms with E-state index in [2.05, 4.69) is 5.32 Å². The molecule has 10 heteroatoms. The first-order chi connectivity index (χ1) is 15.0. The topological polar surface area (TPSA) is 86.8 Å². The number of aryl methyl sites for hydroxylation is 1. The zero-order chi connectivity index (χ0) is 24.1. The van der Waals surface area contributed by atoms with E-state index in [1.807, 2.05) is 6.92 Å². The van der Waals surface area contributed by atoms with E-state index in [1.54, 1.807) is 49.4 Å². The summed E-state index contributed by atoms with van der Waals surface area (Å²) in [6.07, 6.45) is 1.37. The number of hydrogen-bond acceptors (Lipinski definition) is 4. The molecule has 0 aromatic heterocycles. The molecule has 174 valence electrons. The molecule has 2 aromatic rings. The number of carbonyl (C=O) groups is 2. The van der Waals surface area contributed by atoms with Crippen molar-refractivity contribution in [2.75, 3.05) is 24.2 Å². The lowest BCUT2D eigenvalue weighted by atomic mass is 10.1. The number of nitrogens with one attached hydrogen (secondary N) is 1. The number of anilines is 1. The van der Waals surface area contributed by atoms with Crippen LogP contribution in [0.2, 0.25) is 10.0 Å². The highest BCUT2D eigenvalue weighted by molar-refractivity contribution is 7.92. The molecule has 0 unspecified atom stereocenters. The second kappa shape index (κ2) is 11.0. The summed E-state index contributed by atoms with van der Waals surface area (Å²) < 4.78 is 26.0.